The number of methoxy groups -OCH3 is 2. The summed E-state index contributed by atoms with van der Waals surface area (Å²) >= 11 is 0. The standard InChI is InChI=1S/C18H18N2O6/c1-23-13-6-12(7-14(8-13)24-2)20-17(21)9-19-18(22)11-3-4-15-16(5-11)26-10-25-15/h3-8H,9-10H2,1-2H3,(H,19,22)(H,20,21). The van der Waals surface area contributed by atoms with Crippen LogP contribution in [0.25, 0.3) is 0 Å². The SMILES string of the molecule is COc1cc(NC(=O)CNC(=O)c2ccc3c(c2)OCO3)cc(OC)c1. The first-order valence-electron chi connectivity index (χ1n) is 7.80. The smallest absolute Gasteiger partial charge is 0.251 e. The summed E-state index contributed by atoms with van der Waals surface area (Å²) in [4.78, 5) is 24.3. The maximum absolute atomic E-state index is 12.2. The predicted molar refractivity (Wildman–Crippen MR) is 93.1 cm³/mol. The van der Waals surface area contributed by atoms with Crippen molar-refractivity contribution in [3.05, 3.63) is 42.0 Å². The van der Waals surface area contributed by atoms with Crippen molar-refractivity contribution in [1.82, 2.24) is 5.32 Å². The third-order valence-electron chi connectivity index (χ3n) is 3.68. The molecule has 1 aliphatic heterocycles. The highest BCUT2D eigenvalue weighted by atomic mass is 16.7. The molecule has 1 aliphatic rings. The molecular formula is C18H18N2O6. The summed E-state index contributed by atoms with van der Waals surface area (Å²) < 4.78 is 20.7. The Morgan fingerprint density at radius 2 is 1.69 bits per heavy atom. The number of hydrogen-bond acceptors (Lipinski definition) is 6. The van der Waals surface area contributed by atoms with Gasteiger partial charge in [-0.25, -0.2) is 0 Å². The lowest BCUT2D eigenvalue weighted by Crippen LogP contribution is -2.32. The molecule has 0 aliphatic carbocycles. The molecule has 0 bridgehead atoms. The van der Waals surface area contributed by atoms with Gasteiger partial charge >= 0.3 is 0 Å². The molecule has 2 amide bonds. The first-order chi connectivity index (χ1) is 12.6. The van der Waals surface area contributed by atoms with E-state index in [1.54, 1.807) is 36.4 Å². The molecule has 26 heavy (non-hydrogen) atoms. The number of benzene rings is 2. The maximum atomic E-state index is 12.2. The van der Waals surface area contributed by atoms with Crippen LogP contribution in [-0.2, 0) is 4.79 Å². The van der Waals surface area contributed by atoms with Crippen LogP contribution in [0.4, 0.5) is 5.69 Å². The molecule has 2 N–H and O–H groups in total. The molecular weight excluding hydrogens is 340 g/mol. The average Bonchev–Trinajstić information content (AvgIpc) is 3.13. The lowest BCUT2D eigenvalue weighted by molar-refractivity contribution is -0.115. The zero-order valence-corrected chi connectivity index (χ0v) is 14.3. The van der Waals surface area contributed by atoms with Crippen molar-refractivity contribution < 1.29 is 28.5 Å². The second-order valence-corrected chi connectivity index (χ2v) is 5.40. The van der Waals surface area contributed by atoms with E-state index in [4.69, 9.17) is 18.9 Å². The number of nitrogens with one attached hydrogen (secondary N) is 2. The van der Waals surface area contributed by atoms with E-state index >= 15 is 0 Å². The van der Waals surface area contributed by atoms with Crippen LogP contribution in [0.2, 0.25) is 0 Å². The van der Waals surface area contributed by atoms with Crippen molar-refractivity contribution in [2.24, 2.45) is 0 Å². The van der Waals surface area contributed by atoms with Crippen LogP contribution in [0.1, 0.15) is 10.4 Å². The van der Waals surface area contributed by atoms with Crippen LogP contribution >= 0.6 is 0 Å². The normalized spacial score (nSPS) is 11.6. The number of anilines is 1. The molecule has 2 aromatic carbocycles. The summed E-state index contributed by atoms with van der Waals surface area (Å²) in [5.41, 5.74) is 0.883. The quantitative estimate of drug-likeness (QED) is 0.818. The fourth-order valence-corrected chi connectivity index (χ4v) is 2.39. The Morgan fingerprint density at radius 1 is 1.00 bits per heavy atom. The Bertz CT molecular complexity index is 814. The van der Waals surface area contributed by atoms with E-state index in [1.807, 2.05) is 0 Å². The fourth-order valence-electron chi connectivity index (χ4n) is 2.39. The van der Waals surface area contributed by atoms with Crippen molar-refractivity contribution >= 4 is 17.5 Å². The molecule has 3 rings (SSSR count). The van der Waals surface area contributed by atoms with Gasteiger partial charge in [-0.3, -0.25) is 9.59 Å². The first-order valence-corrected chi connectivity index (χ1v) is 7.80. The van der Waals surface area contributed by atoms with E-state index in [-0.39, 0.29) is 25.2 Å². The van der Waals surface area contributed by atoms with Gasteiger partial charge in [-0.2, -0.15) is 0 Å². The summed E-state index contributed by atoms with van der Waals surface area (Å²) in [6.07, 6.45) is 0. The summed E-state index contributed by atoms with van der Waals surface area (Å²) in [5.74, 6) is 1.42. The molecule has 0 fully saturated rings. The minimum Gasteiger partial charge on any atom is -0.497 e. The number of hydrogen-bond donors (Lipinski definition) is 2. The minimum absolute atomic E-state index is 0.132. The van der Waals surface area contributed by atoms with Crippen molar-refractivity contribution in [3.8, 4) is 23.0 Å². The second-order valence-electron chi connectivity index (χ2n) is 5.40. The molecule has 0 atom stereocenters. The zero-order valence-electron chi connectivity index (χ0n) is 14.3. The Morgan fingerprint density at radius 3 is 2.38 bits per heavy atom. The van der Waals surface area contributed by atoms with E-state index in [1.165, 1.54) is 14.2 Å². The molecule has 2 aromatic rings. The largest absolute Gasteiger partial charge is 0.497 e. The van der Waals surface area contributed by atoms with E-state index in [9.17, 15) is 9.59 Å². The van der Waals surface area contributed by atoms with Gasteiger partial charge in [0.15, 0.2) is 11.5 Å². The minimum atomic E-state index is -0.387. The Labute approximate surface area is 150 Å². The topological polar surface area (TPSA) is 95.1 Å². The second kappa shape index (κ2) is 7.64. The van der Waals surface area contributed by atoms with Gasteiger partial charge in [-0.1, -0.05) is 0 Å². The van der Waals surface area contributed by atoms with E-state index in [0.29, 0.717) is 34.2 Å². The third kappa shape index (κ3) is 3.97. The number of ether oxygens (including phenoxy) is 4. The number of rotatable bonds is 6. The summed E-state index contributed by atoms with van der Waals surface area (Å²) in [7, 11) is 3.04. The Kier molecular flexibility index (Phi) is 5.12. The van der Waals surface area contributed by atoms with Crippen LogP contribution in [-0.4, -0.2) is 39.4 Å². The summed E-state index contributed by atoms with van der Waals surface area (Å²) in [6, 6.07) is 9.83. The van der Waals surface area contributed by atoms with Crippen molar-refractivity contribution in [3.63, 3.8) is 0 Å². The molecule has 0 aromatic heterocycles. The van der Waals surface area contributed by atoms with Crippen LogP contribution in [0.15, 0.2) is 36.4 Å². The molecule has 0 radical (unpaired) electrons. The monoisotopic (exact) mass is 358 g/mol. The summed E-state index contributed by atoms with van der Waals surface area (Å²) in [6.45, 7) is -0.0559. The fraction of sp³-hybridized carbons (Fsp3) is 0.222. The van der Waals surface area contributed by atoms with E-state index in [2.05, 4.69) is 10.6 Å². The molecule has 8 heteroatoms. The number of carbonyl (C=O) groups excluding carboxylic acids is 2. The lowest BCUT2D eigenvalue weighted by atomic mass is 10.2. The van der Waals surface area contributed by atoms with Crippen molar-refractivity contribution in [2.45, 2.75) is 0 Å². The van der Waals surface area contributed by atoms with E-state index < -0.39 is 0 Å². The molecule has 0 spiro atoms. The molecule has 0 unspecified atom stereocenters. The average molecular weight is 358 g/mol. The van der Waals surface area contributed by atoms with Crippen LogP contribution in [0.3, 0.4) is 0 Å². The van der Waals surface area contributed by atoms with Gasteiger partial charge in [-0.15, -0.1) is 0 Å². The zero-order chi connectivity index (χ0) is 18.5. The third-order valence-corrected chi connectivity index (χ3v) is 3.68. The predicted octanol–water partition coefficient (Wildman–Crippen LogP) is 1.80. The number of carbonyl (C=O) groups is 2. The van der Waals surface area contributed by atoms with Gasteiger partial charge in [0.25, 0.3) is 5.91 Å². The Balaban J connectivity index is 1.58. The van der Waals surface area contributed by atoms with Gasteiger partial charge in [0.05, 0.1) is 20.8 Å². The van der Waals surface area contributed by atoms with Crippen LogP contribution < -0.4 is 29.6 Å². The summed E-state index contributed by atoms with van der Waals surface area (Å²) in [5, 5.41) is 5.24. The number of fused-ring (bicyclic) bond motifs is 1. The van der Waals surface area contributed by atoms with Gasteiger partial charge in [0.1, 0.15) is 11.5 Å². The lowest BCUT2D eigenvalue weighted by Gasteiger charge is -2.10. The Hall–Kier alpha value is -3.42. The molecule has 8 nitrogen and oxygen atoms in total. The highest BCUT2D eigenvalue weighted by molar-refractivity contribution is 5.99. The first kappa shape index (κ1) is 17.4. The van der Waals surface area contributed by atoms with E-state index in [0.717, 1.165) is 0 Å². The highest BCUT2D eigenvalue weighted by Gasteiger charge is 2.16. The van der Waals surface area contributed by atoms with Gasteiger partial charge < -0.3 is 29.6 Å². The molecule has 136 valence electrons. The maximum Gasteiger partial charge on any atom is 0.251 e. The number of amides is 2. The van der Waals surface area contributed by atoms with Crippen molar-refractivity contribution in [2.75, 3.05) is 32.9 Å². The van der Waals surface area contributed by atoms with Crippen molar-refractivity contribution in [1.29, 1.82) is 0 Å². The van der Waals surface area contributed by atoms with Gasteiger partial charge in [-0.05, 0) is 18.2 Å². The molecule has 0 saturated heterocycles. The molecule has 0 saturated carbocycles. The van der Waals surface area contributed by atoms with Crippen LogP contribution in [0, 0.1) is 0 Å². The van der Waals surface area contributed by atoms with Gasteiger partial charge in [0.2, 0.25) is 12.7 Å². The molecule has 1 heterocycles. The van der Waals surface area contributed by atoms with Gasteiger partial charge in [0, 0.05) is 29.4 Å². The highest BCUT2D eigenvalue weighted by Crippen LogP contribution is 2.32. The van der Waals surface area contributed by atoms with Crippen LogP contribution in [0.5, 0.6) is 23.0 Å².